The van der Waals surface area contributed by atoms with Gasteiger partial charge in [0.1, 0.15) is 11.2 Å². The molecule has 0 atom stereocenters. The van der Waals surface area contributed by atoms with Gasteiger partial charge in [0.05, 0.1) is 22.1 Å². The number of furan rings is 1. The van der Waals surface area contributed by atoms with Gasteiger partial charge in [-0.15, -0.1) is 0 Å². The van der Waals surface area contributed by atoms with Crippen molar-refractivity contribution in [2.45, 2.75) is 0 Å². The predicted molar refractivity (Wildman–Crippen MR) is 207 cm³/mol. The van der Waals surface area contributed by atoms with E-state index < -0.39 is 0 Å². The third kappa shape index (κ3) is 4.14. The topological polar surface area (TPSA) is 61.7 Å². The van der Waals surface area contributed by atoms with E-state index in [2.05, 4.69) is 124 Å². The highest BCUT2D eigenvalue weighted by atomic mass is 16.3. The van der Waals surface area contributed by atoms with Crippen LogP contribution in [0.15, 0.2) is 168 Å². The fraction of sp³-hybridized carbons (Fsp3) is 0. The second kappa shape index (κ2) is 10.7. The van der Waals surface area contributed by atoms with Crippen molar-refractivity contribution in [3.8, 4) is 34.4 Å². The maximum atomic E-state index is 6.25. The van der Waals surface area contributed by atoms with Crippen molar-refractivity contribution in [3.05, 3.63) is 164 Å². The third-order valence-corrected chi connectivity index (χ3v) is 10.0. The zero-order valence-electron chi connectivity index (χ0n) is 27.2. The third-order valence-electron chi connectivity index (χ3n) is 10.0. The molecule has 238 valence electrons. The Morgan fingerprint density at radius 1 is 0.373 bits per heavy atom. The molecule has 51 heavy (non-hydrogen) atoms. The number of rotatable bonds is 4. The van der Waals surface area contributed by atoms with Gasteiger partial charge in [-0.1, -0.05) is 121 Å². The summed E-state index contributed by atoms with van der Waals surface area (Å²) in [6.07, 6.45) is 0. The molecule has 7 aromatic carbocycles. The summed E-state index contributed by atoms with van der Waals surface area (Å²) in [4.78, 5) is 15.6. The van der Waals surface area contributed by atoms with Crippen molar-refractivity contribution in [1.29, 1.82) is 0 Å². The molecule has 0 aliphatic heterocycles. The molecule has 4 heterocycles. The van der Waals surface area contributed by atoms with E-state index in [1.165, 1.54) is 0 Å². The summed E-state index contributed by atoms with van der Waals surface area (Å²) in [5, 5.41) is 6.78. The summed E-state index contributed by atoms with van der Waals surface area (Å²) in [6.45, 7) is 0. The lowest BCUT2D eigenvalue weighted by molar-refractivity contribution is 0.669. The molecule has 0 aliphatic carbocycles. The molecule has 11 aromatic rings. The van der Waals surface area contributed by atoms with Gasteiger partial charge in [-0.25, -0.2) is 0 Å². The van der Waals surface area contributed by atoms with Crippen molar-refractivity contribution >= 4 is 65.6 Å². The molecular weight excluding hydrogens is 627 g/mol. The average molecular weight is 654 g/mol. The largest absolute Gasteiger partial charge is 0.456 e. The number of fused-ring (bicyclic) bond motifs is 9. The maximum absolute atomic E-state index is 6.25. The predicted octanol–water partition coefficient (Wildman–Crippen LogP) is 11.3. The van der Waals surface area contributed by atoms with Gasteiger partial charge in [0, 0.05) is 37.9 Å². The molecule has 0 bridgehead atoms. The molecule has 0 radical (unpaired) electrons. The number of hydrogen-bond acceptors (Lipinski definition) is 4. The lowest BCUT2D eigenvalue weighted by Crippen LogP contribution is -2.10. The number of benzene rings is 7. The summed E-state index contributed by atoms with van der Waals surface area (Å²) in [5.41, 5.74) is 9.08. The maximum Gasteiger partial charge on any atom is 0.240 e. The SMILES string of the molecule is c1ccc(-c2nc(-n3c4ccccc4c4ccccc43)nc(-n3c4ccccc4c4cc(-c5cccc6oc7ccccc7c56)ccc43)n2)cc1. The Hall–Kier alpha value is -7.05. The highest BCUT2D eigenvalue weighted by molar-refractivity contribution is 6.15. The number of nitrogens with zero attached hydrogens (tertiary/aromatic N) is 5. The van der Waals surface area contributed by atoms with E-state index in [4.69, 9.17) is 19.4 Å². The first kappa shape index (κ1) is 27.9. The summed E-state index contributed by atoms with van der Waals surface area (Å²) in [6, 6.07) is 56.7. The Bertz CT molecular complexity index is 3100. The van der Waals surface area contributed by atoms with Crippen LogP contribution in [0.1, 0.15) is 0 Å². The quantitative estimate of drug-likeness (QED) is 0.190. The second-order valence-corrected chi connectivity index (χ2v) is 12.9. The lowest BCUT2D eigenvalue weighted by Gasteiger charge is -2.12. The minimum absolute atomic E-state index is 0.558. The summed E-state index contributed by atoms with van der Waals surface area (Å²) in [5.74, 6) is 1.73. The average Bonchev–Trinajstić information content (AvgIpc) is 3.86. The minimum atomic E-state index is 0.558. The Morgan fingerprint density at radius 2 is 0.902 bits per heavy atom. The van der Waals surface area contributed by atoms with Gasteiger partial charge in [0.25, 0.3) is 0 Å². The summed E-state index contributed by atoms with van der Waals surface area (Å²) < 4.78 is 10.6. The molecule has 0 fully saturated rings. The van der Waals surface area contributed by atoms with E-state index in [-0.39, 0.29) is 0 Å². The fourth-order valence-corrected chi connectivity index (χ4v) is 7.78. The van der Waals surface area contributed by atoms with Gasteiger partial charge in [-0.3, -0.25) is 9.13 Å². The first-order chi connectivity index (χ1) is 25.3. The monoisotopic (exact) mass is 653 g/mol. The molecule has 6 nitrogen and oxygen atoms in total. The molecule has 0 N–H and O–H groups in total. The van der Waals surface area contributed by atoms with Gasteiger partial charge in [-0.05, 0) is 53.6 Å². The molecule has 0 saturated heterocycles. The van der Waals surface area contributed by atoms with E-state index in [0.717, 1.165) is 82.2 Å². The van der Waals surface area contributed by atoms with Crippen molar-refractivity contribution in [2.24, 2.45) is 0 Å². The number of para-hydroxylation sites is 4. The molecule has 0 unspecified atom stereocenters. The van der Waals surface area contributed by atoms with Crippen molar-refractivity contribution in [1.82, 2.24) is 24.1 Å². The Balaban J connectivity index is 1.19. The lowest BCUT2D eigenvalue weighted by atomic mass is 9.98. The van der Waals surface area contributed by atoms with Crippen LogP contribution >= 0.6 is 0 Å². The van der Waals surface area contributed by atoms with Gasteiger partial charge in [0.2, 0.25) is 11.9 Å². The van der Waals surface area contributed by atoms with Crippen molar-refractivity contribution in [3.63, 3.8) is 0 Å². The summed E-state index contributed by atoms with van der Waals surface area (Å²) in [7, 11) is 0. The van der Waals surface area contributed by atoms with Crippen LogP contribution < -0.4 is 0 Å². The normalized spacial score (nSPS) is 11.9. The van der Waals surface area contributed by atoms with Crippen LogP contribution in [-0.4, -0.2) is 24.1 Å². The number of aromatic nitrogens is 5. The van der Waals surface area contributed by atoms with Crippen molar-refractivity contribution in [2.75, 3.05) is 0 Å². The van der Waals surface area contributed by atoms with Crippen LogP contribution in [0, 0.1) is 0 Å². The van der Waals surface area contributed by atoms with Crippen LogP contribution in [0.4, 0.5) is 0 Å². The molecular formula is C45H27N5O. The van der Waals surface area contributed by atoms with E-state index in [9.17, 15) is 0 Å². The van der Waals surface area contributed by atoms with E-state index in [0.29, 0.717) is 17.7 Å². The van der Waals surface area contributed by atoms with Crippen LogP contribution in [0.25, 0.3) is 100.0 Å². The molecule has 11 rings (SSSR count). The first-order valence-corrected chi connectivity index (χ1v) is 17.0. The van der Waals surface area contributed by atoms with Crippen LogP contribution in [0.5, 0.6) is 0 Å². The molecule has 0 aliphatic rings. The Labute approximate surface area is 291 Å². The van der Waals surface area contributed by atoms with Crippen LogP contribution in [0.2, 0.25) is 0 Å². The van der Waals surface area contributed by atoms with Gasteiger partial charge >= 0.3 is 0 Å². The van der Waals surface area contributed by atoms with Crippen LogP contribution in [0.3, 0.4) is 0 Å². The van der Waals surface area contributed by atoms with Gasteiger partial charge in [0.15, 0.2) is 5.82 Å². The second-order valence-electron chi connectivity index (χ2n) is 12.9. The molecule has 0 amide bonds. The minimum Gasteiger partial charge on any atom is -0.456 e. The van der Waals surface area contributed by atoms with E-state index in [1.807, 2.05) is 48.5 Å². The standard InChI is InChI=1S/C45H27N5O/c1-2-13-28(14-3-1)43-46-44(49-36-20-8-4-15-31(36)32-16-5-9-21-37(32)49)48-45(47-43)50-38-22-10-6-17-33(38)35-27-29(25-26-39(35)50)30-19-12-24-41-42(30)34-18-7-11-23-40(34)51-41/h1-27H. The molecule has 0 spiro atoms. The first-order valence-electron chi connectivity index (χ1n) is 17.0. The highest BCUT2D eigenvalue weighted by Gasteiger charge is 2.21. The highest BCUT2D eigenvalue weighted by Crippen LogP contribution is 2.40. The van der Waals surface area contributed by atoms with E-state index >= 15 is 0 Å². The molecule has 6 heteroatoms. The fourth-order valence-electron chi connectivity index (χ4n) is 7.78. The Kier molecular flexibility index (Phi) is 5.86. The van der Waals surface area contributed by atoms with E-state index in [1.54, 1.807) is 0 Å². The molecule has 0 saturated carbocycles. The Morgan fingerprint density at radius 3 is 1.57 bits per heavy atom. The number of hydrogen-bond donors (Lipinski definition) is 0. The van der Waals surface area contributed by atoms with Gasteiger partial charge in [-0.2, -0.15) is 15.0 Å². The molecule has 4 aromatic heterocycles. The van der Waals surface area contributed by atoms with Crippen molar-refractivity contribution < 1.29 is 4.42 Å². The zero-order valence-corrected chi connectivity index (χ0v) is 27.2. The van der Waals surface area contributed by atoms with Crippen LogP contribution in [-0.2, 0) is 0 Å². The zero-order chi connectivity index (χ0) is 33.5. The smallest absolute Gasteiger partial charge is 0.240 e. The summed E-state index contributed by atoms with van der Waals surface area (Å²) >= 11 is 0. The van der Waals surface area contributed by atoms with Gasteiger partial charge < -0.3 is 4.42 Å².